The number of piperidine rings is 1. The first-order valence-corrected chi connectivity index (χ1v) is 11.1. The van der Waals surface area contributed by atoms with E-state index in [4.69, 9.17) is 28.6 Å². The third-order valence-corrected chi connectivity index (χ3v) is 5.69. The van der Waals surface area contributed by atoms with Crippen LogP contribution < -0.4 is 15.5 Å². The summed E-state index contributed by atoms with van der Waals surface area (Å²) in [6, 6.07) is 13.7. The minimum atomic E-state index is -0.433. The minimum absolute atomic E-state index is 0.307. The number of nitrogens with zero attached hydrogens (tertiary/aromatic N) is 1. The maximum atomic E-state index is 11.8. The van der Waals surface area contributed by atoms with E-state index < -0.39 is 5.97 Å². The van der Waals surface area contributed by atoms with Crippen molar-refractivity contribution in [3.05, 3.63) is 58.6 Å². The molecule has 30 heavy (non-hydrogen) atoms. The number of carbonyl (C=O) groups excluding carboxylic acids is 1. The number of halogens is 1. The summed E-state index contributed by atoms with van der Waals surface area (Å²) >= 11 is 11.6. The van der Waals surface area contributed by atoms with E-state index in [1.54, 1.807) is 25.1 Å². The molecule has 0 radical (unpaired) electrons. The van der Waals surface area contributed by atoms with Gasteiger partial charge in [-0.15, -0.1) is 0 Å². The fraction of sp³-hybridized carbons (Fsp3) is 0.391. The van der Waals surface area contributed by atoms with Crippen LogP contribution in [-0.4, -0.2) is 30.8 Å². The van der Waals surface area contributed by atoms with E-state index >= 15 is 0 Å². The molecule has 1 aliphatic rings. The average molecular weight is 446 g/mol. The van der Waals surface area contributed by atoms with E-state index in [9.17, 15) is 4.79 Å². The van der Waals surface area contributed by atoms with Crippen molar-refractivity contribution in [2.75, 3.05) is 29.9 Å². The van der Waals surface area contributed by atoms with Gasteiger partial charge in [-0.2, -0.15) is 0 Å². The first-order chi connectivity index (χ1) is 14.5. The number of thiocarbonyl (C=S) groups is 1. The van der Waals surface area contributed by atoms with Gasteiger partial charge in [-0.05, 0) is 73.8 Å². The number of ether oxygens (including phenoxy) is 1. The Labute approximate surface area is 188 Å². The summed E-state index contributed by atoms with van der Waals surface area (Å²) in [5.41, 5.74) is 3.48. The van der Waals surface area contributed by atoms with Gasteiger partial charge in [0, 0.05) is 31.0 Å². The number of hydrogen-bond acceptors (Lipinski definition) is 4. The van der Waals surface area contributed by atoms with Gasteiger partial charge in [0.2, 0.25) is 0 Å². The van der Waals surface area contributed by atoms with Gasteiger partial charge in [0.25, 0.3) is 0 Å². The summed E-state index contributed by atoms with van der Waals surface area (Å²) in [5.74, 6) is 0.320. The van der Waals surface area contributed by atoms with Crippen LogP contribution in [-0.2, 0) is 11.3 Å². The number of carbonyl (C=O) groups is 1. The van der Waals surface area contributed by atoms with Gasteiger partial charge >= 0.3 is 5.97 Å². The fourth-order valence-electron chi connectivity index (χ4n) is 3.57. The molecule has 0 aromatic heterocycles. The van der Waals surface area contributed by atoms with Gasteiger partial charge in [0.15, 0.2) is 5.11 Å². The van der Waals surface area contributed by atoms with Gasteiger partial charge in [0.1, 0.15) is 0 Å². The van der Waals surface area contributed by atoms with Crippen LogP contribution >= 0.6 is 23.8 Å². The lowest BCUT2D eigenvalue weighted by Crippen LogP contribution is -2.34. The third kappa shape index (κ3) is 6.09. The molecule has 1 aliphatic heterocycles. The van der Waals surface area contributed by atoms with Crippen molar-refractivity contribution < 1.29 is 9.53 Å². The Morgan fingerprint density at radius 3 is 2.70 bits per heavy atom. The van der Waals surface area contributed by atoms with Crippen molar-refractivity contribution in [1.82, 2.24) is 5.32 Å². The largest absolute Gasteiger partial charge is 0.462 e. The van der Waals surface area contributed by atoms with Crippen LogP contribution in [0.3, 0.4) is 0 Å². The fourth-order valence-corrected chi connectivity index (χ4v) is 4.02. The molecule has 0 bridgehead atoms. The Kier molecular flexibility index (Phi) is 7.94. The number of nitrogens with one attached hydrogen (secondary N) is 2. The highest BCUT2D eigenvalue weighted by Crippen LogP contribution is 2.24. The van der Waals surface area contributed by atoms with Gasteiger partial charge in [-0.25, -0.2) is 4.79 Å². The van der Waals surface area contributed by atoms with Gasteiger partial charge in [0.05, 0.1) is 17.2 Å². The zero-order valence-electron chi connectivity index (χ0n) is 17.4. The molecule has 160 valence electrons. The lowest BCUT2D eigenvalue weighted by atomic mass is 9.99. The van der Waals surface area contributed by atoms with Crippen LogP contribution in [0.15, 0.2) is 42.5 Å². The zero-order valence-corrected chi connectivity index (χ0v) is 19.0. The quantitative estimate of drug-likeness (QED) is 0.468. The monoisotopic (exact) mass is 445 g/mol. The lowest BCUT2D eigenvalue weighted by Gasteiger charge is -2.32. The van der Waals surface area contributed by atoms with Crippen molar-refractivity contribution in [2.24, 2.45) is 5.92 Å². The van der Waals surface area contributed by atoms with E-state index in [1.807, 2.05) is 0 Å². The predicted octanol–water partition coefficient (Wildman–Crippen LogP) is 5.24. The topological polar surface area (TPSA) is 53.6 Å². The second kappa shape index (κ2) is 10.6. The normalized spacial score (nSPS) is 16.1. The molecule has 2 N–H and O–H groups in total. The molecule has 2 aromatic rings. The third-order valence-electron chi connectivity index (χ3n) is 5.13. The summed E-state index contributed by atoms with van der Waals surface area (Å²) in [6.07, 6.45) is 2.58. The first-order valence-electron chi connectivity index (χ1n) is 10.3. The predicted molar refractivity (Wildman–Crippen MR) is 128 cm³/mol. The number of rotatable bonds is 6. The highest BCUT2D eigenvalue weighted by molar-refractivity contribution is 7.80. The van der Waals surface area contributed by atoms with Gasteiger partial charge in [-0.3, -0.25) is 0 Å². The molecule has 1 saturated heterocycles. The molecule has 3 rings (SSSR count). The van der Waals surface area contributed by atoms with E-state index in [-0.39, 0.29) is 0 Å². The van der Waals surface area contributed by atoms with Crippen molar-refractivity contribution in [1.29, 1.82) is 0 Å². The maximum Gasteiger partial charge on any atom is 0.339 e. The molecular weight excluding hydrogens is 418 g/mol. The standard InChI is InChI=1S/C23H28ClN3O2S/c1-3-29-22(28)20-11-8-18(13-21(20)24)26-23(30)25-14-17-6-9-19(10-7-17)27-12-4-5-16(2)15-27/h6-11,13,16H,3-5,12,14-15H2,1-2H3,(H2,25,26,30)/t16-/m0/s1. The summed E-state index contributed by atoms with van der Waals surface area (Å²) in [4.78, 5) is 14.3. The number of benzene rings is 2. The molecule has 1 atom stereocenters. The first kappa shape index (κ1) is 22.4. The van der Waals surface area contributed by atoms with Gasteiger partial charge < -0.3 is 20.3 Å². The minimum Gasteiger partial charge on any atom is -0.462 e. The Bertz CT molecular complexity index is 889. The van der Waals surface area contributed by atoms with Crippen molar-refractivity contribution in [3.8, 4) is 0 Å². The molecule has 0 aliphatic carbocycles. The summed E-state index contributed by atoms with van der Waals surface area (Å²) < 4.78 is 4.98. The molecule has 1 heterocycles. The second-order valence-corrected chi connectivity index (χ2v) is 8.40. The Morgan fingerprint density at radius 2 is 2.03 bits per heavy atom. The van der Waals surface area contributed by atoms with Crippen LogP contribution in [0.5, 0.6) is 0 Å². The lowest BCUT2D eigenvalue weighted by molar-refractivity contribution is 0.0526. The van der Waals surface area contributed by atoms with Crippen LogP contribution in [0.1, 0.15) is 42.6 Å². The molecule has 5 nitrogen and oxygen atoms in total. The maximum absolute atomic E-state index is 11.8. The second-order valence-electron chi connectivity index (χ2n) is 7.58. The molecule has 0 amide bonds. The number of esters is 1. The van der Waals surface area contributed by atoms with E-state index in [2.05, 4.69) is 46.7 Å². The SMILES string of the molecule is CCOC(=O)c1ccc(NC(=S)NCc2ccc(N3CCC[C@H](C)C3)cc2)cc1Cl. The molecular formula is C23H28ClN3O2S. The van der Waals surface area contributed by atoms with Crippen molar-refractivity contribution in [3.63, 3.8) is 0 Å². The molecule has 0 spiro atoms. The van der Waals surface area contributed by atoms with E-state index in [1.165, 1.54) is 18.5 Å². The van der Waals surface area contributed by atoms with Crippen LogP contribution in [0.2, 0.25) is 5.02 Å². The smallest absolute Gasteiger partial charge is 0.339 e. The van der Waals surface area contributed by atoms with Crippen molar-refractivity contribution in [2.45, 2.75) is 33.2 Å². The average Bonchev–Trinajstić information content (AvgIpc) is 2.73. The Hall–Kier alpha value is -2.31. The Balaban J connectivity index is 1.51. The summed E-state index contributed by atoms with van der Waals surface area (Å²) in [5, 5.41) is 7.11. The Morgan fingerprint density at radius 1 is 1.27 bits per heavy atom. The van der Waals surface area contributed by atoms with Crippen LogP contribution in [0.4, 0.5) is 11.4 Å². The van der Waals surface area contributed by atoms with Crippen molar-refractivity contribution >= 4 is 46.3 Å². The highest BCUT2D eigenvalue weighted by atomic mass is 35.5. The number of anilines is 2. The zero-order chi connectivity index (χ0) is 21.5. The van der Waals surface area contributed by atoms with E-state index in [0.29, 0.717) is 34.5 Å². The summed E-state index contributed by atoms with van der Waals surface area (Å²) in [6.45, 7) is 7.26. The van der Waals surface area contributed by atoms with Crippen LogP contribution in [0, 0.1) is 5.92 Å². The molecule has 7 heteroatoms. The van der Waals surface area contributed by atoms with Gasteiger partial charge in [-0.1, -0.05) is 30.7 Å². The molecule has 2 aromatic carbocycles. The van der Waals surface area contributed by atoms with E-state index in [0.717, 1.165) is 24.6 Å². The summed E-state index contributed by atoms with van der Waals surface area (Å²) in [7, 11) is 0. The number of hydrogen-bond donors (Lipinski definition) is 2. The van der Waals surface area contributed by atoms with Crippen LogP contribution in [0.25, 0.3) is 0 Å². The highest BCUT2D eigenvalue weighted by Gasteiger charge is 2.16. The molecule has 0 unspecified atom stereocenters. The molecule has 1 fully saturated rings. The molecule has 0 saturated carbocycles.